The maximum atomic E-state index is 5.73. The van der Waals surface area contributed by atoms with E-state index in [4.69, 9.17) is 17.3 Å². The summed E-state index contributed by atoms with van der Waals surface area (Å²) in [5.74, 6) is 0. The zero-order valence-corrected chi connectivity index (χ0v) is 5.49. The van der Waals surface area contributed by atoms with Gasteiger partial charge in [0.25, 0.3) is 0 Å². The third-order valence-electron chi connectivity index (χ3n) is 1.43. The molecule has 0 aromatic rings. The SMILES string of the molecule is NC1CCCNC1Cl. The van der Waals surface area contributed by atoms with Gasteiger partial charge in [-0.1, -0.05) is 0 Å². The number of rotatable bonds is 0. The van der Waals surface area contributed by atoms with Crippen molar-refractivity contribution in [3.05, 3.63) is 0 Å². The Balaban J connectivity index is 2.28. The quantitative estimate of drug-likeness (QED) is 0.369. The largest absolute Gasteiger partial charge is 0.325 e. The normalized spacial score (nSPS) is 39.8. The highest BCUT2D eigenvalue weighted by atomic mass is 35.5. The van der Waals surface area contributed by atoms with E-state index in [1.54, 1.807) is 0 Å². The summed E-state index contributed by atoms with van der Waals surface area (Å²) in [4.78, 5) is 0. The molecule has 3 heteroatoms. The van der Waals surface area contributed by atoms with E-state index in [-0.39, 0.29) is 11.5 Å². The smallest absolute Gasteiger partial charge is 0.0978 e. The first-order valence-corrected chi connectivity index (χ1v) is 3.37. The number of hydrogen-bond acceptors (Lipinski definition) is 2. The van der Waals surface area contributed by atoms with Gasteiger partial charge in [-0.2, -0.15) is 0 Å². The van der Waals surface area contributed by atoms with Gasteiger partial charge in [-0.05, 0) is 19.4 Å². The second-order valence-corrected chi connectivity index (χ2v) is 2.63. The first kappa shape index (κ1) is 6.33. The summed E-state index contributed by atoms with van der Waals surface area (Å²) < 4.78 is 0. The fourth-order valence-corrected chi connectivity index (χ4v) is 1.11. The molecule has 1 aliphatic heterocycles. The highest BCUT2D eigenvalue weighted by molar-refractivity contribution is 6.20. The van der Waals surface area contributed by atoms with Crippen LogP contribution >= 0.6 is 11.6 Å². The molecule has 1 rings (SSSR count). The molecule has 0 aliphatic carbocycles. The molecular formula is C5H11ClN2. The van der Waals surface area contributed by atoms with Crippen molar-refractivity contribution in [2.24, 2.45) is 5.73 Å². The lowest BCUT2D eigenvalue weighted by atomic mass is 10.1. The summed E-state index contributed by atoms with van der Waals surface area (Å²) in [7, 11) is 0. The Labute approximate surface area is 54.4 Å². The fraction of sp³-hybridized carbons (Fsp3) is 1.00. The van der Waals surface area contributed by atoms with E-state index in [1.165, 1.54) is 0 Å². The van der Waals surface area contributed by atoms with Crippen molar-refractivity contribution in [3.8, 4) is 0 Å². The molecule has 1 saturated heterocycles. The van der Waals surface area contributed by atoms with Gasteiger partial charge in [0.05, 0.1) is 5.50 Å². The van der Waals surface area contributed by atoms with Crippen LogP contribution in [0.1, 0.15) is 12.8 Å². The van der Waals surface area contributed by atoms with Crippen molar-refractivity contribution in [1.82, 2.24) is 5.32 Å². The molecule has 0 amide bonds. The molecule has 2 atom stereocenters. The van der Waals surface area contributed by atoms with E-state index in [9.17, 15) is 0 Å². The molecule has 48 valence electrons. The maximum absolute atomic E-state index is 5.73. The van der Waals surface area contributed by atoms with Gasteiger partial charge in [0.2, 0.25) is 0 Å². The third-order valence-corrected chi connectivity index (χ3v) is 1.91. The number of nitrogens with one attached hydrogen (secondary N) is 1. The number of nitrogens with two attached hydrogens (primary N) is 1. The van der Waals surface area contributed by atoms with E-state index in [1.807, 2.05) is 0 Å². The first-order chi connectivity index (χ1) is 3.80. The van der Waals surface area contributed by atoms with Crippen LogP contribution in [0.5, 0.6) is 0 Å². The van der Waals surface area contributed by atoms with Gasteiger partial charge in [-0.25, -0.2) is 0 Å². The monoisotopic (exact) mass is 134 g/mol. The van der Waals surface area contributed by atoms with E-state index in [2.05, 4.69) is 5.32 Å². The Morgan fingerprint density at radius 2 is 2.38 bits per heavy atom. The zero-order valence-electron chi connectivity index (χ0n) is 4.73. The molecule has 0 radical (unpaired) electrons. The molecule has 0 aromatic heterocycles. The van der Waals surface area contributed by atoms with Crippen molar-refractivity contribution in [2.75, 3.05) is 6.54 Å². The molecular weight excluding hydrogens is 124 g/mol. The lowest BCUT2D eigenvalue weighted by Gasteiger charge is -2.24. The minimum absolute atomic E-state index is 0.00347. The molecule has 1 fully saturated rings. The summed E-state index contributed by atoms with van der Waals surface area (Å²) >= 11 is 5.73. The van der Waals surface area contributed by atoms with Crippen LogP contribution in [-0.2, 0) is 0 Å². The van der Waals surface area contributed by atoms with Crippen LogP contribution < -0.4 is 11.1 Å². The van der Waals surface area contributed by atoms with Crippen molar-refractivity contribution in [1.29, 1.82) is 0 Å². The van der Waals surface area contributed by atoms with Gasteiger partial charge < -0.3 is 11.1 Å². The average molecular weight is 135 g/mol. The second kappa shape index (κ2) is 2.67. The van der Waals surface area contributed by atoms with Crippen LogP contribution in [0.15, 0.2) is 0 Å². The van der Waals surface area contributed by atoms with Crippen LogP contribution in [0.2, 0.25) is 0 Å². The van der Waals surface area contributed by atoms with Crippen LogP contribution in [0.3, 0.4) is 0 Å². The maximum Gasteiger partial charge on any atom is 0.0978 e. The van der Waals surface area contributed by atoms with Gasteiger partial charge >= 0.3 is 0 Å². The summed E-state index contributed by atoms with van der Waals surface area (Å²) in [5, 5.41) is 3.07. The van der Waals surface area contributed by atoms with E-state index >= 15 is 0 Å². The van der Waals surface area contributed by atoms with E-state index in [0.29, 0.717) is 0 Å². The Hall–Kier alpha value is 0.210. The third kappa shape index (κ3) is 1.34. The van der Waals surface area contributed by atoms with Crippen LogP contribution in [-0.4, -0.2) is 18.1 Å². The Morgan fingerprint density at radius 1 is 1.62 bits per heavy atom. The molecule has 2 unspecified atom stereocenters. The fourth-order valence-electron chi connectivity index (χ4n) is 0.875. The minimum atomic E-state index is 0.00347. The number of hydrogen-bond donors (Lipinski definition) is 2. The standard InChI is InChI=1S/C5H11ClN2/c6-5-4(7)2-1-3-8-5/h4-5,8H,1-3,7H2. The van der Waals surface area contributed by atoms with E-state index < -0.39 is 0 Å². The van der Waals surface area contributed by atoms with Gasteiger partial charge in [0.1, 0.15) is 0 Å². The molecule has 1 aliphatic rings. The number of halogens is 1. The van der Waals surface area contributed by atoms with Crippen LogP contribution in [0.4, 0.5) is 0 Å². The van der Waals surface area contributed by atoms with Crippen LogP contribution in [0, 0.1) is 0 Å². The molecule has 3 N–H and O–H groups in total. The van der Waals surface area contributed by atoms with Gasteiger partial charge in [0, 0.05) is 6.04 Å². The minimum Gasteiger partial charge on any atom is -0.325 e. The molecule has 2 nitrogen and oxygen atoms in total. The highest BCUT2D eigenvalue weighted by Gasteiger charge is 2.17. The summed E-state index contributed by atoms with van der Waals surface area (Å²) in [6.45, 7) is 1.02. The summed E-state index contributed by atoms with van der Waals surface area (Å²) in [5.41, 5.74) is 5.59. The molecule has 1 heterocycles. The van der Waals surface area contributed by atoms with Crippen molar-refractivity contribution in [3.63, 3.8) is 0 Å². The lowest BCUT2D eigenvalue weighted by molar-refractivity contribution is 0.426. The first-order valence-electron chi connectivity index (χ1n) is 2.94. The molecule has 0 bridgehead atoms. The van der Waals surface area contributed by atoms with Gasteiger partial charge in [-0.3, -0.25) is 0 Å². The second-order valence-electron chi connectivity index (χ2n) is 2.16. The predicted molar refractivity (Wildman–Crippen MR) is 34.9 cm³/mol. The van der Waals surface area contributed by atoms with Crippen molar-refractivity contribution < 1.29 is 0 Å². The highest BCUT2D eigenvalue weighted by Crippen LogP contribution is 2.08. The Bertz CT molecular complexity index is 66.8. The Kier molecular flexibility index (Phi) is 2.11. The van der Waals surface area contributed by atoms with Gasteiger partial charge in [0.15, 0.2) is 0 Å². The Morgan fingerprint density at radius 3 is 2.75 bits per heavy atom. The van der Waals surface area contributed by atoms with Crippen molar-refractivity contribution >= 4 is 11.6 Å². The molecule has 8 heavy (non-hydrogen) atoms. The van der Waals surface area contributed by atoms with E-state index in [0.717, 1.165) is 19.4 Å². The number of piperidine rings is 1. The van der Waals surface area contributed by atoms with Crippen molar-refractivity contribution in [2.45, 2.75) is 24.4 Å². The molecule has 0 saturated carbocycles. The number of alkyl halides is 1. The predicted octanol–water partition coefficient (Wildman–Crippen LogP) is 0.262. The van der Waals surface area contributed by atoms with Gasteiger partial charge in [-0.15, -0.1) is 11.6 Å². The zero-order chi connectivity index (χ0) is 5.98. The topological polar surface area (TPSA) is 38.0 Å². The van der Waals surface area contributed by atoms with Crippen LogP contribution in [0.25, 0.3) is 0 Å². The summed E-state index contributed by atoms with van der Waals surface area (Å²) in [6, 6.07) is 0.158. The molecule has 0 aromatic carbocycles. The summed E-state index contributed by atoms with van der Waals surface area (Å²) in [6.07, 6.45) is 2.21. The average Bonchev–Trinajstić information content (AvgIpc) is 1.77. The molecule has 0 spiro atoms. The lowest BCUT2D eigenvalue weighted by Crippen LogP contribution is -2.45.